The highest BCUT2D eigenvalue weighted by Gasteiger charge is 2.76. The summed E-state index contributed by atoms with van der Waals surface area (Å²) in [6.07, 6.45) is 0.759. The number of amides is 3. The maximum Gasteiger partial charge on any atom is 0.244 e. The fourth-order valence-electron chi connectivity index (χ4n) is 6.91. The molecule has 0 aromatic heterocycles. The normalized spacial score (nSPS) is 32.7. The molecule has 1 spiro atoms. The molecule has 3 N–H and O–H groups in total. The van der Waals surface area contributed by atoms with Crippen molar-refractivity contribution in [2.75, 3.05) is 57.9 Å². The van der Waals surface area contributed by atoms with Crippen molar-refractivity contribution in [1.29, 1.82) is 0 Å². The van der Waals surface area contributed by atoms with E-state index in [2.05, 4.69) is 22.5 Å². The molecule has 7 atom stereocenters. The van der Waals surface area contributed by atoms with Gasteiger partial charge in [-0.25, -0.2) is 0 Å². The topological polar surface area (TPSA) is 120 Å². The number of hydrogen-bond acceptors (Lipinski definition) is 8. The minimum Gasteiger partial charge on any atom is -0.494 e. The number of ether oxygens (including phenoxy) is 2. The monoisotopic (exact) mass is 560 g/mol. The molecule has 4 aliphatic rings. The zero-order valence-electron chi connectivity index (χ0n) is 22.9. The fraction of sp³-hybridized carbons (Fsp3) is 0.679. The van der Waals surface area contributed by atoms with Gasteiger partial charge in [-0.05, 0) is 50.5 Å². The highest BCUT2D eigenvalue weighted by Crippen LogP contribution is 2.68. The predicted octanol–water partition coefficient (Wildman–Crippen LogP) is 1.19. The Morgan fingerprint density at radius 3 is 2.62 bits per heavy atom. The number of nitrogens with one attached hydrogen (secondary N) is 2. The second-order valence-corrected chi connectivity index (χ2v) is 12.6. The molecule has 1 aromatic rings. The number of thioether (sulfide) groups is 1. The molecule has 4 heterocycles. The van der Waals surface area contributed by atoms with Crippen molar-refractivity contribution in [3.63, 3.8) is 0 Å². The lowest BCUT2D eigenvalue weighted by atomic mass is 9.66. The van der Waals surface area contributed by atoms with E-state index in [9.17, 15) is 19.5 Å². The standard InChI is InChI=1S/C28H40N4O6S/c1-4-38-20-7-5-19(6-8-20)30-25(34)22-21-15-17(2)28(39-21)23(22)27(36)32(18(3)16-33)24(28)26(35)29-9-10-31-11-13-37-14-12-31/h5-8,17-18,21-24,33H,4,9-16H2,1-3H3,(H,29,35)(H,30,34)/t17?,18-,21-,22+,23+,24?,28?/m1/s1. The van der Waals surface area contributed by atoms with Crippen LogP contribution in [0.1, 0.15) is 27.2 Å². The molecule has 214 valence electrons. The summed E-state index contributed by atoms with van der Waals surface area (Å²) in [5.74, 6) is -0.991. The van der Waals surface area contributed by atoms with E-state index in [0.717, 1.165) is 25.3 Å². The first kappa shape index (κ1) is 28.2. The van der Waals surface area contributed by atoms with Gasteiger partial charge in [0.15, 0.2) is 0 Å². The van der Waals surface area contributed by atoms with Crippen molar-refractivity contribution in [3.05, 3.63) is 24.3 Å². The van der Waals surface area contributed by atoms with Crippen LogP contribution in [0.3, 0.4) is 0 Å². The highest BCUT2D eigenvalue weighted by molar-refractivity contribution is 8.02. The second-order valence-electron chi connectivity index (χ2n) is 11.0. The molecule has 1 aromatic carbocycles. The third-order valence-corrected chi connectivity index (χ3v) is 10.8. The molecule has 0 radical (unpaired) electrons. The van der Waals surface area contributed by atoms with Gasteiger partial charge in [0.05, 0.1) is 49.1 Å². The van der Waals surface area contributed by atoms with Crippen LogP contribution in [0, 0.1) is 17.8 Å². The predicted molar refractivity (Wildman–Crippen MR) is 149 cm³/mol. The summed E-state index contributed by atoms with van der Waals surface area (Å²) in [5.41, 5.74) is 0.641. The van der Waals surface area contributed by atoms with Crippen molar-refractivity contribution in [2.24, 2.45) is 17.8 Å². The molecule has 5 rings (SSSR count). The van der Waals surface area contributed by atoms with Crippen molar-refractivity contribution in [1.82, 2.24) is 15.1 Å². The lowest BCUT2D eigenvalue weighted by Crippen LogP contribution is -2.58. The number of nitrogens with zero attached hydrogens (tertiary/aromatic N) is 2. The van der Waals surface area contributed by atoms with Gasteiger partial charge in [-0.3, -0.25) is 19.3 Å². The third-order valence-electron chi connectivity index (χ3n) is 8.74. The molecule has 0 saturated carbocycles. The summed E-state index contributed by atoms with van der Waals surface area (Å²) in [4.78, 5) is 45.4. The number of likely N-dealkylation sites (tertiary alicyclic amines) is 1. The Labute approximate surface area is 234 Å². The van der Waals surface area contributed by atoms with Crippen molar-refractivity contribution in [3.8, 4) is 5.75 Å². The number of benzene rings is 1. The molecular formula is C28H40N4O6S. The molecule has 3 amide bonds. The average molecular weight is 561 g/mol. The summed E-state index contributed by atoms with van der Waals surface area (Å²) < 4.78 is 10.2. The average Bonchev–Trinajstić information content (AvgIpc) is 3.53. The number of hydrogen-bond donors (Lipinski definition) is 3. The molecule has 4 fully saturated rings. The number of fused-ring (bicyclic) bond motifs is 1. The van der Waals surface area contributed by atoms with E-state index in [4.69, 9.17) is 9.47 Å². The zero-order chi connectivity index (χ0) is 27.7. The van der Waals surface area contributed by atoms with Crippen molar-refractivity contribution in [2.45, 2.75) is 49.3 Å². The Balaban J connectivity index is 1.36. The number of morpholine rings is 1. The first-order valence-electron chi connectivity index (χ1n) is 14.0. The van der Waals surface area contributed by atoms with Crippen LogP contribution in [0.25, 0.3) is 0 Å². The van der Waals surface area contributed by atoms with Crippen LogP contribution in [0.2, 0.25) is 0 Å². The van der Waals surface area contributed by atoms with Gasteiger partial charge in [-0.2, -0.15) is 0 Å². The summed E-state index contributed by atoms with van der Waals surface area (Å²) in [6, 6.07) is 5.93. The summed E-state index contributed by atoms with van der Waals surface area (Å²) in [6.45, 7) is 10.3. The quantitative estimate of drug-likeness (QED) is 0.391. The summed E-state index contributed by atoms with van der Waals surface area (Å²) in [7, 11) is 0. The summed E-state index contributed by atoms with van der Waals surface area (Å²) >= 11 is 1.63. The molecule has 11 heteroatoms. The van der Waals surface area contributed by atoms with Gasteiger partial charge in [0, 0.05) is 37.1 Å². The second kappa shape index (κ2) is 11.6. The van der Waals surface area contributed by atoms with E-state index < -0.39 is 28.7 Å². The zero-order valence-corrected chi connectivity index (χ0v) is 23.7. The molecule has 10 nitrogen and oxygen atoms in total. The SMILES string of the molecule is CCOc1ccc(NC(=O)[C@@H]2[C@H]3C(=O)N([C@H](C)CO)C(C(=O)NCCN4CCOCC4)C34S[C@@H]2CC4C)cc1. The van der Waals surface area contributed by atoms with E-state index in [0.29, 0.717) is 38.6 Å². The van der Waals surface area contributed by atoms with Crippen molar-refractivity contribution >= 4 is 35.2 Å². The third kappa shape index (κ3) is 5.03. The van der Waals surface area contributed by atoms with Gasteiger partial charge in [-0.15, -0.1) is 11.8 Å². The highest BCUT2D eigenvalue weighted by atomic mass is 32.2. The van der Waals surface area contributed by atoms with Gasteiger partial charge < -0.3 is 30.1 Å². The molecule has 3 unspecified atom stereocenters. The Morgan fingerprint density at radius 2 is 1.95 bits per heavy atom. The molecule has 4 aliphatic heterocycles. The van der Waals surface area contributed by atoms with Gasteiger partial charge in [0.2, 0.25) is 17.7 Å². The Bertz CT molecular complexity index is 1070. The van der Waals surface area contributed by atoms with Crippen LogP contribution in [-0.2, 0) is 19.1 Å². The first-order chi connectivity index (χ1) is 18.8. The number of rotatable bonds is 10. The molecule has 39 heavy (non-hydrogen) atoms. The largest absolute Gasteiger partial charge is 0.494 e. The van der Waals surface area contributed by atoms with E-state index in [1.165, 1.54) is 0 Å². The van der Waals surface area contributed by atoms with Gasteiger partial charge in [-0.1, -0.05) is 6.92 Å². The minimum absolute atomic E-state index is 0.0492. The molecule has 2 bridgehead atoms. The van der Waals surface area contributed by atoms with Gasteiger partial charge >= 0.3 is 0 Å². The molecule has 0 aliphatic carbocycles. The first-order valence-corrected chi connectivity index (χ1v) is 14.9. The molecular weight excluding hydrogens is 520 g/mol. The smallest absolute Gasteiger partial charge is 0.244 e. The number of carbonyl (C=O) groups is 3. The Morgan fingerprint density at radius 1 is 1.23 bits per heavy atom. The van der Waals surface area contributed by atoms with Crippen LogP contribution in [-0.4, -0.2) is 107 Å². The van der Waals surface area contributed by atoms with E-state index in [1.807, 2.05) is 6.92 Å². The number of aliphatic hydroxyl groups is 1. The van der Waals surface area contributed by atoms with Gasteiger partial charge in [0.1, 0.15) is 11.8 Å². The van der Waals surface area contributed by atoms with Crippen LogP contribution in [0.5, 0.6) is 5.75 Å². The number of carbonyl (C=O) groups excluding carboxylic acids is 3. The lowest BCUT2D eigenvalue weighted by Gasteiger charge is -2.39. The lowest BCUT2D eigenvalue weighted by molar-refractivity contribution is -0.141. The van der Waals surface area contributed by atoms with Crippen LogP contribution >= 0.6 is 11.8 Å². The summed E-state index contributed by atoms with van der Waals surface area (Å²) in [5, 5.41) is 16.1. The Kier molecular flexibility index (Phi) is 8.42. The maximum absolute atomic E-state index is 14.0. The Hall–Kier alpha value is -2.34. The maximum atomic E-state index is 14.0. The number of aliphatic hydroxyl groups excluding tert-OH is 1. The van der Waals surface area contributed by atoms with Crippen molar-refractivity contribution < 1.29 is 29.0 Å². The van der Waals surface area contributed by atoms with Crippen LogP contribution < -0.4 is 15.4 Å². The fourth-order valence-corrected chi connectivity index (χ4v) is 9.32. The molecule has 4 saturated heterocycles. The van der Waals surface area contributed by atoms with E-state index in [-0.39, 0.29) is 35.5 Å². The van der Waals surface area contributed by atoms with E-state index in [1.54, 1.807) is 47.9 Å². The van der Waals surface area contributed by atoms with E-state index >= 15 is 0 Å². The minimum atomic E-state index is -0.741. The van der Waals surface area contributed by atoms with Crippen LogP contribution in [0.15, 0.2) is 24.3 Å². The van der Waals surface area contributed by atoms with Gasteiger partial charge in [0.25, 0.3) is 0 Å². The number of anilines is 1. The van der Waals surface area contributed by atoms with Crippen LogP contribution in [0.4, 0.5) is 5.69 Å².